The van der Waals surface area contributed by atoms with Gasteiger partial charge < -0.3 is 5.73 Å². The third kappa shape index (κ3) is 1.98. The molecule has 0 aromatic carbocycles. The average molecular weight is 200 g/mol. The fourth-order valence-electron chi connectivity index (χ4n) is 0.832. The van der Waals surface area contributed by atoms with Crippen LogP contribution >= 0.6 is 0 Å². The van der Waals surface area contributed by atoms with E-state index in [9.17, 15) is 8.42 Å². The molecule has 2 N–H and O–H groups in total. The lowest BCUT2D eigenvalue weighted by molar-refractivity contribution is 0.587. The number of hydrogen-bond acceptors (Lipinski definition) is 4. The van der Waals surface area contributed by atoms with E-state index in [1.807, 2.05) is 0 Å². The number of hydrogen-bond donors (Lipinski definition) is 1. The topological polar surface area (TPSA) is 73.0 Å². The minimum atomic E-state index is -3.21. The van der Waals surface area contributed by atoms with Crippen molar-refractivity contribution in [1.29, 1.82) is 0 Å². The molecule has 0 aliphatic heterocycles. The van der Waals surface area contributed by atoms with Crippen molar-refractivity contribution < 1.29 is 8.42 Å². The predicted octanol–water partition coefficient (Wildman–Crippen LogP) is 0.846. The summed E-state index contributed by atoms with van der Waals surface area (Å²) < 4.78 is 23.1. The Morgan fingerprint density at radius 1 is 1.38 bits per heavy atom. The van der Waals surface area contributed by atoms with Crippen LogP contribution in [0.25, 0.3) is 0 Å². The van der Waals surface area contributed by atoms with Gasteiger partial charge in [-0.25, -0.2) is 13.4 Å². The Balaban J connectivity index is 3.17. The number of anilines is 1. The summed E-state index contributed by atoms with van der Waals surface area (Å²) in [6, 6.07) is 2.95. The number of nitrogens with zero attached hydrogens (tertiary/aromatic N) is 1. The Bertz CT molecular complexity index is 381. The molecule has 0 unspecified atom stereocenters. The fourth-order valence-corrected chi connectivity index (χ4v) is 1.83. The zero-order valence-electron chi connectivity index (χ0n) is 7.56. The monoisotopic (exact) mass is 200 g/mol. The number of sulfone groups is 1. The van der Waals surface area contributed by atoms with Crippen molar-refractivity contribution in [3.8, 4) is 0 Å². The standard InChI is InChI=1S/C8H12N2O2S/c1-6(2)13(11,12)7-3-4-8(9)10-5-7/h3-6H,1-2H3,(H2,9,10). The van der Waals surface area contributed by atoms with Crippen molar-refractivity contribution in [2.24, 2.45) is 0 Å². The highest BCUT2D eigenvalue weighted by Gasteiger charge is 2.18. The molecule has 13 heavy (non-hydrogen) atoms. The molecule has 0 bridgehead atoms. The summed E-state index contributed by atoms with van der Waals surface area (Å²) in [5.74, 6) is 0.322. The first kappa shape index (κ1) is 9.98. The molecule has 0 fully saturated rings. The molecule has 4 nitrogen and oxygen atoms in total. The summed E-state index contributed by atoms with van der Waals surface area (Å²) in [4.78, 5) is 3.95. The minimum Gasteiger partial charge on any atom is -0.384 e. The number of nitrogen functional groups attached to an aromatic ring is 1. The Morgan fingerprint density at radius 2 is 2.00 bits per heavy atom. The summed E-state index contributed by atoms with van der Waals surface area (Å²) in [6.07, 6.45) is 1.28. The maximum Gasteiger partial charge on any atom is 0.182 e. The average Bonchev–Trinajstić information content (AvgIpc) is 2.04. The molecule has 0 radical (unpaired) electrons. The van der Waals surface area contributed by atoms with E-state index in [1.54, 1.807) is 13.8 Å². The number of nitrogens with two attached hydrogens (primary N) is 1. The van der Waals surface area contributed by atoms with Gasteiger partial charge in [0.05, 0.1) is 10.1 Å². The highest BCUT2D eigenvalue weighted by molar-refractivity contribution is 7.92. The second-order valence-corrected chi connectivity index (χ2v) is 5.52. The molecular weight excluding hydrogens is 188 g/mol. The summed E-state index contributed by atoms with van der Waals surface area (Å²) in [5, 5.41) is -0.432. The molecule has 0 aliphatic carbocycles. The molecule has 0 saturated carbocycles. The van der Waals surface area contributed by atoms with Gasteiger partial charge in [-0.15, -0.1) is 0 Å². The molecule has 72 valence electrons. The fraction of sp³-hybridized carbons (Fsp3) is 0.375. The molecular formula is C8H12N2O2S. The van der Waals surface area contributed by atoms with Gasteiger partial charge in [0.25, 0.3) is 0 Å². The van der Waals surface area contributed by atoms with Crippen LogP contribution in [0.3, 0.4) is 0 Å². The Kier molecular flexibility index (Phi) is 2.56. The first-order valence-corrected chi connectivity index (χ1v) is 5.44. The Labute approximate surface area is 77.7 Å². The molecule has 1 rings (SSSR count). The van der Waals surface area contributed by atoms with Crippen LogP contribution in [0, 0.1) is 0 Å². The van der Waals surface area contributed by atoms with Crippen LogP contribution in [0.4, 0.5) is 5.82 Å². The van der Waals surface area contributed by atoms with Gasteiger partial charge in [0, 0.05) is 6.20 Å². The van der Waals surface area contributed by atoms with E-state index in [-0.39, 0.29) is 4.90 Å². The highest BCUT2D eigenvalue weighted by Crippen LogP contribution is 2.14. The van der Waals surface area contributed by atoms with E-state index in [2.05, 4.69) is 4.98 Å². The second-order valence-electron chi connectivity index (χ2n) is 3.01. The number of pyridine rings is 1. The lowest BCUT2D eigenvalue weighted by atomic mass is 10.5. The molecule has 0 aliphatic rings. The summed E-state index contributed by atoms with van der Waals surface area (Å²) in [7, 11) is -3.21. The van der Waals surface area contributed by atoms with E-state index < -0.39 is 15.1 Å². The van der Waals surface area contributed by atoms with E-state index in [0.717, 1.165) is 0 Å². The van der Waals surface area contributed by atoms with Crippen molar-refractivity contribution in [3.63, 3.8) is 0 Å². The zero-order valence-corrected chi connectivity index (χ0v) is 8.38. The molecule has 5 heteroatoms. The molecule has 0 amide bonds. The normalized spacial score (nSPS) is 11.9. The first-order valence-electron chi connectivity index (χ1n) is 3.90. The van der Waals surface area contributed by atoms with Crippen molar-refractivity contribution >= 4 is 15.7 Å². The van der Waals surface area contributed by atoms with Crippen LogP contribution in [0.5, 0.6) is 0 Å². The Morgan fingerprint density at radius 3 is 2.38 bits per heavy atom. The van der Waals surface area contributed by atoms with Gasteiger partial charge in [-0.05, 0) is 26.0 Å². The smallest absolute Gasteiger partial charge is 0.182 e. The van der Waals surface area contributed by atoms with Crippen LogP contribution in [0.1, 0.15) is 13.8 Å². The summed E-state index contributed by atoms with van der Waals surface area (Å²) in [6.45, 7) is 3.26. The molecule has 0 atom stereocenters. The van der Waals surface area contributed by atoms with Gasteiger partial charge in [0.1, 0.15) is 5.82 Å². The van der Waals surface area contributed by atoms with E-state index in [1.165, 1.54) is 18.3 Å². The highest BCUT2D eigenvalue weighted by atomic mass is 32.2. The maximum absolute atomic E-state index is 11.6. The molecule has 0 saturated heterocycles. The predicted molar refractivity (Wildman–Crippen MR) is 51.0 cm³/mol. The largest absolute Gasteiger partial charge is 0.384 e. The summed E-state index contributed by atoms with van der Waals surface area (Å²) in [5.41, 5.74) is 5.34. The lowest BCUT2D eigenvalue weighted by Crippen LogP contribution is -2.14. The lowest BCUT2D eigenvalue weighted by Gasteiger charge is -2.06. The maximum atomic E-state index is 11.6. The Hall–Kier alpha value is -1.10. The molecule has 1 aromatic rings. The van der Waals surface area contributed by atoms with Crippen LogP contribution in [-0.4, -0.2) is 18.7 Å². The van der Waals surface area contributed by atoms with Gasteiger partial charge in [0.15, 0.2) is 9.84 Å². The molecule has 1 heterocycles. The van der Waals surface area contributed by atoms with Gasteiger partial charge in [-0.3, -0.25) is 0 Å². The molecule has 1 aromatic heterocycles. The van der Waals surface area contributed by atoms with Gasteiger partial charge in [-0.2, -0.15) is 0 Å². The second kappa shape index (κ2) is 3.33. The van der Waals surface area contributed by atoms with E-state index >= 15 is 0 Å². The zero-order chi connectivity index (χ0) is 10.1. The third-order valence-corrected chi connectivity index (χ3v) is 3.85. The van der Waals surface area contributed by atoms with Crippen molar-refractivity contribution in [1.82, 2.24) is 4.98 Å². The van der Waals surface area contributed by atoms with Crippen molar-refractivity contribution in [2.75, 3.05) is 5.73 Å². The van der Waals surface area contributed by atoms with E-state index in [0.29, 0.717) is 5.82 Å². The minimum absolute atomic E-state index is 0.219. The van der Waals surface area contributed by atoms with Crippen molar-refractivity contribution in [3.05, 3.63) is 18.3 Å². The van der Waals surface area contributed by atoms with Gasteiger partial charge >= 0.3 is 0 Å². The molecule has 0 spiro atoms. The number of aromatic nitrogens is 1. The van der Waals surface area contributed by atoms with Crippen molar-refractivity contribution in [2.45, 2.75) is 24.0 Å². The van der Waals surface area contributed by atoms with E-state index in [4.69, 9.17) is 5.73 Å². The first-order chi connectivity index (χ1) is 5.94. The van der Waals surface area contributed by atoms with Gasteiger partial charge in [0.2, 0.25) is 0 Å². The van der Waals surface area contributed by atoms with Gasteiger partial charge in [-0.1, -0.05) is 0 Å². The quantitative estimate of drug-likeness (QED) is 0.768. The van der Waals surface area contributed by atoms with Crippen LogP contribution in [0.2, 0.25) is 0 Å². The number of rotatable bonds is 2. The summed E-state index contributed by atoms with van der Waals surface area (Å²) >= 11 is 0. The van der Waals surface area contributed by atoms with Crippen LogP contribution < -0.4 is 5.73 Å². The SMILES string of the molecule is CC(C)S(=O)(=O)c1ccc(N)nc1. The van der Waals surface area contributed by atoms with Crippen LogP contribution in [0.15, 0.2) is 23.2 Å². The third-order valence-electron chi connectivity index (χ3n) is 1.71. The van der Waals surface area contributed by atoms with Crippen LogP contribution in [-0.2, 0) is 9.84 Å².